The van der Waals surface area contributed by atoms with Crippen LogP contribution < -0.4 is 5.73 Å². The fraction of sp³-hybridized carbons (Fsp3) is 0.133. The molecule has 1 aromatic carbocycles. The first-order chi connectivity index (χ1) is 10.4. The van der Waals surface area contributed by atoms with E-state index >= 15 is 0 Å². The highest BCUT2D eigenvalue weighted by atomic mass is 16.4. The number of nitrogens with two attached hydrogens (primary N) is 1. The highest BCUT2D eigenvalue weighted by Crippen LogP contribution is 2.26. The topological polar surface area (TPSA) is 140 Å². The minimum atomic E-state index is -1.30. The molecule has 22 heavy (non-hydrogen) atoms. The third kappa shape index (κ3) is 4.38. The maximum absolute atomic E-state index is 10.6. The van der Waals surface area contributed by atoms with Crippen LogP contribution in [0.4, 0.5) is 0 Å². The lowest BCUT2D eigenvalue weighted by Gasteiger charge is -2.03. The van der Waals surface area contributed by atoms with E-state index in [0.717, 1.165) is 6.20 Å². The summed E-state index contributed by atoms with van der Waals surface area (Å²) in [5.74, 6) is -1.88. The van der Waals surface area contributed by atoms with Crippen molar-refractivity contribution in [1.82, 2.24) is 0 Å². The van der Waals surface area contributed by atoms with Gasteiger partial charge in [-0.25, -0.2) is 4.79 Å². The Morgan fingerprint density at radius 1 is 1.41 bits per heavy atom. The van der Waals surface area contributed by atoms with E-state index in [1.807, 2.05) is 6.07 Å². The van der Waals surface area contributed by atoms with Crippen molar-refractivity contribution in [3.8, 4) is 17.6 Å². The number of phenolic OH excluding ortho intramolecular Hbond substituents is 2. The molecule has 0 radical (unpaired) electrons. The molecule has 1 rings (SSSR count). The van der Waals surface area contributed by atoms with E-state index in [9.17, 15) is 20.3 Å². The van der Waals surface area contributed by atoms with Crippen LogP contribution in [0.15, 0.2) is 40.7 Å². The van der Waals surface area contributed by atoms with E-state index in [-0.39, 0.29) is 17.1 Å². The molecule has 0 heterocycles. The van der Waals surface area contributed by atoms with Gasteiger partial charge in [0.15, 0.2) is 11.5 Å². The minimum Gasteiger partial charge on any atom is -0.504 e. The lowest BCUT2D eigenvalue weighted by Crippen LogP contribution is -2.09. The van der Waals surface area contributed by atoms with E-state index in [1.165, 1.54) is 24.3 Å². The van der Waals surface area contributed by atoms with Crippen LogP contribution in [0.2, 0.25) is 0 Å². The van der Waals surface area contributed by atoms with Crippen LogP contribution in [-0.2, 0) is 4.79 Å². The van der Waals surface area contributed by atoms with Gasteiger partial charge < -0.3 is 21.1 Å². The van der Waals surface area contributed by atoms with Gasteiger partial charge in [-0.2, -0.15) is 5.26 Å². The van der Waals surface area contributed by atoms with Crippen molar-refractivity contribution in [1.29, 1.82) is 5.26 Å². The van der Waals surface area contributed by atoms with Gasteiger partial charge in [0.2, 0.25) is 0 Å². The van der Waals surface area contributed by atoms with Crippen LogP contribution >= 0.6 is 0 Å². The van der Waals surface area contributed by atoms with Crippen LogP contribution in [0.3, 0.4) is 0 Å². The summed E-state index contributed by atoms with van der Waals surface area (Å²) in [6, 6.07) is 6.06. The maximum atomic E-state index is 10.6. The Balaban J connectivity index is 3.21. The Labute approximate surface area is 127 Å². The number of nitrogens with zero attached hydrogens (tertiary/aromatic N) is 2. The molecular weight excluding hydrogens is 286 g/mol. The molecule has 0 aliphatic heterocycles. The summed E-state index contributed by atoms with van der Waals surface area (Å²) < 4.78 is 0. The maximum Gasteiger partial charge on any atom is 0.353 e. The summed E-state index contributed by atoms with van der Waals surface area (Å²) in [7, 11) is 0. The summed E-state index contributed by atoms with van der Waals surface area (Å²) in [4.78, 5) is 14.5. The number of aromatic hydroxyl groups is 2. The average Bonchev–Trinajstić information content (AvgIpc) is 2.49. The second kappa shape index (κ2) is 7.50. The molecule has 5 N–H and O–H groups in total. The Kier molecular flexibility index (Phi) is 5.72. The molecule has 0 saturated carbocycles. The molecule has 0 saturated heterocycles. The molecule has 0 atom stereocenters. The predicted molar refractivity (Wildman–Crippen MR) is 81.0 cm³/mol. The Hall–Kier alpha value is -3.27. The van der Waals surface area contributed by atoms with Gasteiger partial charge in [0, 0.05) is 0 Å². The highest BCUT2D eigenvalue weighted by Gasteiger charge is 2.07. The van der Waals surface area contributed by atoms with Crippen LogP contribution in [0.5, 0.6) is 11.5 Å². The summed E-state index contributed by atoms with van der Waals surface area (Å²) >= 11 is 0. The zero-order valence-corrected chi connectivity index (χ0v) is 11.8. The zero-order chi connectivity index (χ0) is 16.7. The summed E-state index contributed by atoms with van der Waals surface area (Å²) in [6.45, 7) is 1.75. The van der Waals surface area contributed by atoms with Gasteiger partial charge in [-0.05, 0) is 30.2 Å². The van der Waals surface area contributed by atoms with E-state index in [2.05, 4.69) is 4.99 Å². The largest absolute Gasteiger partial charge is 0.504 e. The molecule has 7 heteroatoms. The lowest BCUT2D eigenvalue weighted by molar-refractivity contribution is -0.132. The number of nitriles is 1. The molecular formula is C15H15N3O4. The third-order valence-electron chi connectivity index (χ3n) is 2.68. The van der Waals surface area contributed by atoms with Gasteiger partial charge in [-0.1, -0.05) is 13.0 Å². The molecule has 0 aliphatic rings. The van der Waals surface area contributed by atoms with Crippen LogP contribution in [0.25, 0.3) is 6.08 Å². The Morgan fingerprint density at radius 2 is 2.09 bits per heavy atom. The first kappa shape index (κ1) is 16.8. The van der Waals surface area contributed by atoms with E-state index < -0.39 is 11.7 Å². The van der Waals surface area contributed by atoms with Crippen molar-refractivity contribution in [3.63, 3.8) is 0 Å². The quantitative estimate of drug-likeness (QED) is 0.282. The number of carboxylic acids is 1. The number of carbonyl (C=O) groups is 1. The highest BCUT2D eigenvalue weighted by molar-refractivity contribution is 6.07. The van der Waals surface area contributed by atoms with Crippen molar-refractivity contribution in [2.75, 3.05) is 0 Å². The van der Waals surface area contributed by atoms with Crippen molar-refractivity contribution in [2.24, 2.45) is 10.7 Å². The molecule has 0 fully saturated rings. The molecule has 0 amide bonds. The van der Waals surface area contributed by atoms with Gasteiger partial charge >= 0.3 is 5.97 Å². The van der Waals surface area contributed by atoms with Crippen molar-refractivity contribution in [2.45, 2.75) is 13.3 Å². The minimum absolute atomic E-state index is 0.196. The molecule has 0 aromatic heterocycles. The standard InChI is InChI=1S/C15H15N3O4/c1-2-12(18-8-11(17)15(21)22)10(7-16)5-9-3-4-13(19)14(20)6-9/h3-6,8,19-20H,2,17H2,1H3,(H,21,22)/b10-5+,11-8-,18-12+. The molecule has 114 valence electrons. The Morgan fingerprint density at radius 3 is 2.59 bits per heavy atom. The van der Waals surface area contributed by atoms with E-state index in [1.54, 1.807) is 6.92 Å². The number of benzene rings is 1. The smallest absolute Gasteiger partial charge is 0.353 e. The first-order valence-corrected chi connectivity index (χ1v) is 6.28. The SMILES string of the molecule is CCC(=N\C=C(/N)C(=O)O)/C(C#N)=C/c1ccc(O)c(O)c1. The lowest BCUT2D eigenvalue weighted by atomic mass is 10.1. The number of aliphatic imine (C=N–C) groups is 1. The number of rotatable bonds is 5. The van der Waals surface area contributed by atoms with Gasteiger partial charge in [0.1, 0.15) is 11.8 Å². The van der Waals surface area contributed by atoms with Crippen LogP contribution in [0.1, 0.15) is 18.9 Å². The fourth-order valence-corrected chi connectivity index (χ4v) is 1.53. The van der Waals surface area contributed by atoms with Crippen molar-refractivity contribution >= 4 is 17.8 Å². The van der Waals surface area contributed by atoms with Crippen LogP contribution in [-0.4, -0.2) is 27.0 Å². The number of allylic oxidation sites excluding steroid dienone is 1. The molecule has 0 unspecified atom stereocenters. The molecule has 0 aliphatic carbocycles. The summed E-state index contributed by atoms with van der Waals surface area (Å²) in [5, 5.41) is 36.6. The third-order valence-corrected chi connectivity index (χ3v) is 2.68. The number of hydrogen-bond acceptors (Lipinski definition) is 6. The van der Waals surface area contributed by atoms with E-state index in [4.69, 9.17) is 10.8 Å². The number of hydrogen-bond donors (Lipinski definition) is 4. The summed E-state index contributed by atoms with van der Waals surface area (Å²) in [6.07, 6.45) is 2.82. The van der Waals surface area contributed by atoms with Gasteiger partial charge in [0.25, 0.3) is 0 Å². The molecule has 0 bridgehead atoms. The Bertz CT molecular complexity index is 712. The normalized spacial score (nSPS) is 12.8. The first-order valence-electron chi connectivity index (χ1n) is 6.28. The van der Waals surface area contributed by atoms with Crippen molar-refractivity contribution in [3.05, 3.63) is 41.2 Å². The second-order valence-corrected chi connectivity index (χ2v) is 4.24. The predicted octanol–water partition coefficient (Wildman–Crippen LogP) is 1.74. The van der Waals surface area contributed by atoms with Crippen molar-refractivity contribution < 1.29 is 20.1 Å². The molecule has 1 aromatic rings. The molecule has 0 spiro atoms. The van der Waals surface area contributed by atoms with E-state index in [0.29, 0.717) is 17.7 Å². The fourth-order valence-electron chi connectivity index (χ4n) is 1.53. The average molecular weight is 301 g/mol. The van der Waals surface area contributed by atoms with Gasteiger partial charge in [-0.15, -0.1) is 0 Å². The zero-order valence-electron chi connectivity index (χ0n) is 11.8. The van der Waals surface area contributed by atoms with Gasteiger partial charge in [0.05, 0.1) is 17.5 Å². The van der Waals surface area contributed by atoms with Crippen LogP contribution in [0, 0.1) is 11.3 Å². The monoisotopic (exact) mass is 301 g/mol. The number of aliphatic carboxylic acids is 1. The molecule has 7 nitrogen and oxygen atoms in total. The summed E-state index contributed by atoms with van der Waals surface area (Å²) in [5.41, 5.74) is 5.83. The number of phenols is 2. The van der Waals surface area contributed by atoms with Gasteiger partial charge in [-0.3, -0.25) is 4.99 Å². The number of carboxylic acid groups (broad SMARTS) is 1. The second-order valence-electron chi connectivity index (χ2n) is 4.24.